The molecule has 1 saturated heterocycles. The van der Waals surface area contributed by atoms with Gasteiger partial charge >= 0.3 is 0 Å². The Kier molecular flexibility index (Phi) is 6.50. The third kappa shape index (κ3) is 4.59. The zero-order valence-electron chi connectivity index (χ0n) is 12.8. The molecule has 22 heavy (non-hydrogen) atoms. The summed E-state index contributed by atoms with van der Waals surface area (Å²) in [5, 5.41) is 7.54. The average molecular weight is 345 g/mol. The molecule has 1 aromatic rings. The van der Waals surface area contributed by atoms with E-state index < -0.39 is 5.41 Å². The number of hydrogen-bond donors (Lipinski definition) is 2. The summed E-state index contributed by atoms with van der Waals surface area (Å²) in [6.07, 6.45) is 2.30. The Balaban J connectivity index is 1.90. The number of amides is 1. The average Bonchev–Trinajstić information content (AvgIpc) is 2.47. The van der Waals surface area contributed by atoms with Crippen LogP contribution in [0.4, 0.5) is 0 Å². The number of carbonyl (C=O) groups excluding carboxylic acids is 1. The zero-order valence-corrected chi connectivity index (χ0v) is 14.3. The van der Waals surface area contributed by atoms with Gasteiger partial charge in [0.05, 0.1) is 12.0 Å². The fourth-order valence-electron chi connectivity index (χ4n) is 2.88. The summed E-state index contributed by atoms with van der Waals surface area (Å²) in [7, 11) is 1.64. The molecule has 1 amide bonds. The van der Waals surface area contributed by atoms with Crippen molar-refractivity contribution in [1.82, 2.24) is 10.6 Å². The SMILES string of the molecule is COCC1(C(=O)NCCc2cc(Cl)cc(Cl)c2)CCNCC1. The van der Waals surface area contributed by atoms with Crippen LogP contribution >= 0.6 is 23.2 Å². The van der Waals surface area contributed by atoms with E-state index in [0.717, 1.165) is 31.5 Å². The van der Waals surface area contributed by atoms with E-state index in [4.69, 9.17) is 27.9 Å². The summed E-state index contributed by atoms with van der Waals surface area (Å²) in [4.78, 5) is 12.6. The van der Waals surface area contributed by atoms with Crippen molar-refractivity contribution in [3.63, 3.8) is 0 Å². The summed E-state index contributed by atoms with van der Waals surface area (Å²) in [6, 6.07) is 5.44. The molecule has 0 radical (unpaired) electrons. The standard InChI is InChI=1S/C16H22Cl2N2O2/c1-22-11-16(3-6-19-7-4-16)15(21)20-5-2-12-8-13(17)10-14(18)9-12/h8-10,19H,2-7,11H2,1H3,(H,20,21). The van der Waals surface area contributed by atoms with Gasteiger partial charge in [0.15, 0.2) is 0 Å². The van der Waals surface area contributed by atoms with E-state index >= 15 is 0 Å². The van der Waals surface area contributed by atoms with Crippen LogP contribution in [0.15, 0.2) is 18.2 Å². The molecule has 4 nitrogen and oxygen atoms in total. The molecule has 0 aromatic heterocycles. The Morgan fingerprint density at radius 1 is 1.27 bits per heavy atom. The highest BCUT2D eigenvalue weighted by molar-refractivity contribution is 6.34. The Labute approximate surface area is 141 Å². The fraction of sp³-hybridized carbons (Fsp3) is 0.562. The van der Waals surface area contributed by atoms with Crippen LogP contribution in [0, 0.1) is 5.41 Å². The van der Waals surface area contributed by atoms with Crippen LogP contribution in [-0.2, 0) is 16.0 Å². The van der Waals surface area contributed by atoms with E-state index in [1.165, 1.54) is 0 Å². The van der Waals surface area contributed by atoms with Gasteiger partial charge in [-0.05, 0) is 56.1 Å². The molecule has 0 aliphatic carbocycles. The number of rotatable bonds is 6. The first-order valence-corrected chi connectivity index (χ1v) is 8.24. The monoisotopic (exact) mass is 344 g/mol. The molecule has 122 valence electrons. The van der Waals surface area contributed by atoms with Gasteiger partial charge in [-0.25, -0.2) is 0 Å². The van der Waals surface area contributed by atoms with E-state index in [9.17, 15) is 4.79 Å². The van der Waals surface area contributed by atoms with Crippen LogP contribution in [-0.4, -0.2) is 39.3 Å². The van der Waals surface area contributed by atoms with E-state index in [0.29, 0.717) is 29.6 Å². The highest BCUT2D eigenvalue weighted by Crippen LogP contribution is 2.29. The van der Waals surface area contributed by atoms with Crippen LogP contribution in [0.1, 0.15) is 18.4 Å². The molecule has 1 aliphatic rings. The van der Waals surface area contributed by atoms with Crippen LogP contribution in [0.3, 0.4) is 0 Å². The second-order valence-electron chi connectivity index (χ2n) is 5.75. The predicted octanol–water partition coefficient (Wildman–Crippen LogP) is 2.67. The molecule has 1 fully saturated rings. The smallest absolute Gasteiger partial charge is 0.228 e. The summed E-state index contributed by atoms with van der Waals surface area (Å²) in [6.45, 7) is 2.72. The molecule has 0 unspecified atom stereocenters. The number of nitrogens with one attached hydrogen (secondary N) is 2. The molecular formula is C16H22Cl2N2O2. The lowest BCUT2D eigenvalue weighted by atomic mass is 9.78. The van der Waals surface area contributed by atoms with Crippen molar-refractivity contribution in [3.05, 3.63) is 33.8 Å². The summed E-state index contributed by atoms with van der Waals surface area (Å²) >= 11 is 12.0. The maximum absolute atomic E-state index is 12.6. The topological polar surface area (TPSA) is 50.4 Å². The largest absolute Gasteiger partial charge is 0.384 e. The summed E-state index contributed by atoms with van der Waals surface area (Å²) in [5.41, 5.74) is 0.607. The van der Waals surface area contributed by atoms with Gasteiger partial charge < -0.3 is 15.4 Å². The first-order chi connectivity index (χ1) is 10.6. The van der Waals surface area contributed by atoms with Crippen molar-refractivity contribution >= 4 is 29.1 Å². The highest BCUT2D eigenvalue weighted by atomic mass is 35.5. The molecule has 2 rings (SSSR count). The maximum atomic E-state index is 12.6. The minimum atomic E-state index is -0.411. The van der Waals surface area contributed by atoms with Gasteiger partial charge in [0.1, 0.15) is 0 Å². The maximum Gasteiger partial charge on any atom is 0.228 e. The van der Waals surface area contributed by atoms with Crippen molar-refractivity contribution < 1.29 is 9.53 Å². The molecule has 0 spiro atoms. The first kappa shape index (κ1) is 17.5. The molecule has 0 bridgehead atoms. The molecule has 1 aromatic carbocycles. The van der Waals surface area contributed by atoms with Gasteiger partial charge in [-0.15, -0.1) is 0 Å². The lowest BCUT2D eigenvalue weighted by Gasteiger charge is -2.35. The second kappa shape index (κ2) is 8.16. The highest BCUT2D eigenvalue weighted by Gasteiger charge is 2.39. The normalized spacial score (nSPS) is 17.2. The van der Waals surface area contributed by atoms with E-state index in [2.05, 4.69) is 10.6 Å². The Morgan fingerprint density at radius 3 is 2.50 bits per heavy atom. The summed E-state index contributed by atoms with van der Waals surface area (Å²) < 4.78 is 5.28. The Hall–Kier alpha value is -0.810. The van der Waals surface area contributed by atoms with Crippen LogP contribution < -0.4 is 10.6 Å². The minimum absolute atomic E-state index is 0.0731. The molecular weight excluding hydrogens is 323 g/mol. The third-order valence-corrected chi connectivity index (χ3v) is 4.52. The fourth-order valence-corrected chi connectivity index (χ4v) is 3.45. The van der Waals surface area contributed by atoms with Crippen LogP contribution in [0.25, 0.3) is 0 Å². The number of benzene rings is 1. The van der Waals surface area contributed by atoms with Crippen molar-refractivity contribution in [1.29, 1.82) is 0 Å². The number of ether oxygens (including phenoxy) is 1. The summed E-state index contributed by atoms with van der Waals surface area (Å²) in [5.74, 6) is 0.0731. The van der Waals surface area contributed by atoms with Crippen LogP contribution in [0.2, 0.25) is 10.0 Å². The first-order valence-electron chi connectivity index (χ1n) is 7.49. The number of halogens is 2. The van der Waals surface area contributed by atoms with Gasteiger partial charge in [-0.3, -0.25) is 4.79 Å². The predicted molar refractivity (Wildman–Crippen MR) is 89.6 cm³/mol. The van der Waals surface area contributed by atoms with Gasteiger partial charge in [0, 0.05) is 23.7 Å². The van der Waals surface area contributed by atoms with Crippen molar-refractivity contribution in [2.75, 3.05) is 33.4 Å². The molecule has 0 atom stereocenters. The molecule has 1 aliphatic heterocycles. The van der Waals surface area contributed by atoms with Gasteiger partial charge in [0.2, 0.25) is 5.91 Å². The number of carbonyl (C=O) groups is 1. The van der Waals surface area contributed by atoms with Gasteiger partial charge in [0.25, 0.3) is 0 Å². The van der Waals surface area contributed by atoms with Crippen molar-refractivity contribution in [3.8, 4) is 0 Å². The van der Waals surface area contributed by atoms with Gasteiger partial charge in [-0.2, -0.15) is 0 Å². The number of piperidine rings is 1. The zero-order chi connectivity index (χ0) is 16.0. The lowest BCUT2D eigenvalue weighted by Crippen LogP contribution is -2.50. The van der Waals surface area contributed by atoms with E-state index in [1.807, 2.05) is 12.1 Å². The molecule has 1 heterocycles. The Bertz CT molecular complexity index is 491. The van der Waals surface area contributed by atoms with Crippen molar-refractivity contribution in [2.24, 2.45) is 5.41 Å². The minimum Gasteiger partial charge on any atom is -0.384 e. The molecule has 6 heteroatoms. The van der Waals surface area contributed by atoms with E-state index in [-0.39, 0.29) is 5.91 Å². The number of methoxy groups -OCH3 is 1. The quantitative estimate of drug-likeness (QED) is 0.834. The lowest BCUT2D eigenvalue weighted by molar-refractivity contribution is -0.136. The van der Waals surface area contributed by atoms with Crippen molar-refractivity contribution in [2.45, 2.75) is 19.3 Å². The third-order valence-electron chi connectivity index (χ3n) is 4.08. The molecule has 2 N–H and O–H groups in total. The Morgan fingerprint density at radius 2 is 1.91 bits per heavy atom. The molecule has 0 saturated carbocycles. The van der Waals surface area contributed by atoms with E-state index in [1.54, 1.807) is 13.2 Å². The second-order valence-corrected chi connectivity index (χ2v) is 6.62. The van der Waals surface area contributed by atoms with Crippen LogP contribution in [0.5, 0.6) is 0 Å². The van der Waals surface area contributed by atoms with Gasteiger partial charge in [-0.1, -0.05) is 23.2 Å². The number of hydrogen-bond acceptors (Lipinski definition) is 3.